The maximum absolute atomic E-state index is 12.4. The Hall–Kier alpha value is -2.00. The van der Waals surface area contributed by atoms with Gasteiger partial charge in [0.2, 0.25) is 0 Å². The van der Waals surface area contributed by atoms with Gasteiger partial charge in [-0.1, -0.05) is 42.8 Å². The summed E-state index contributed by atoms with van der Waals surface area (Å²) < 4.78 is 5.86. The average Bonchev–Trinajstić information content (AvgIpc) is 2.50. The van der Waals surface area contributed by atoms with Gasteiger partial charge in [-0.15, -0.1) is 0 Å². The van der Waals surface area contributed by atoms with Crippen LogP contribution in [0.25, 0.3) is 0 Å². The van der Waals surface area contributed by atoms with Crippen molar-refractivity contribution in [2.45, 2.75) is 39.8 Å². The fourth-order valence-corrected chi connectivity index (χ4v) is 2.63. The fourth-order valence-electron chi connectivity index (χ4n) is 2.43. The Balaban J connectivity index is 1.99. The fraction of sp³-hybridized carbons (Fsp3) is 0.316. The van der Waals surface area contributed by atoms with Gasteiger partial charge < -0.3 is 10.1 Å². The van der Waals surface area contributed by atoms with Crippen molar-refractivity contribution in [3.63, 3.8) is 0 Å². The molecule has 0 saturated carbocycles. The molecule has 0 aliphatic carbocycles. The Kier molecular flexibility index (Phi) is 6.05. The maximum Gasteiger partial charge on any atom is 0.261 e. The van der Waals surface area contributed by atoms with Gasteiger partial charge in [-0.25, -0.2) is 0 Å². The van der Waals surface area contributed by atoms with E-state index in [9.17, 15) is 4.79 Å². The summed E-state index contributed by atoms with van der Waals surface area (Å²) in [6, 6.07) is 13.4. The summed E-state index contributed by atoms with van der Waals surface area (Å²) in [7, 11) is 0. The van der Waals surface area contributed by atoms with Gasteiger partial charge >= 0.3 is 0 Å². The zero-order valence-corrected chi connectivity index (χ0v) is 14.5. The van der Waals surface area contributed by atoms with E-state index >= 15 is 0 Å². The number of aryl methyl sites for hydroxylation is 2. The highest BCUT2D eigenvalue weighted by molar-refractivity contribution is 6.31. The van der Waals surface area contributed by atoms with Crippen molar-refractivity contribution in [1.82, 2.24) is 5.32 Å². The molecule has 0 saturated heterocycles. The molecule has 0 aromatic heterocycles. The maximum atomic E-state index is 12.4. The standard InChI is InChI=1S/C19H22ClNO2/c1-4-18(23-16-10-13(2)9-14(3)11-16)19(22)21-12-15-7-5-6-8-17(15)20/h5-11,18H,4,12H2,1-3H3,(H,21,22). The van der Waals surface area contributed by atoms with Crippen LogP contribution in [0.3, 0.4) is 0 Å². The molecule has 1 unspecified atom stereocenters. The number of carbonyl (C=O) groups is 1. The van der Waals surface area contributed by atoms with E-state index in [4.69, 9.17) is 16.3 Å². The molecule has 2 aromatic carbocycles. The van der Waals surface area contributed by atoms with Crippen molar-refractivity contribution in [1.29, 1.82) is 0 Å². The molecule has 2 rings (SSSR count). The predicted octanol–water partition coefficient (Wildman–Crippen LogP) is 4.43. The molecule has 0 fully saturated rings. The van der Waals surface area contributed by atoms with Crippen molar-refractivity contribution < 1.29 is 9.53 Å². The molecule has 1 N–H and O–H groups in total. The first-order valence-corrected chi connectivity index (χ1v) is 8.13. The predicted molar refractivity (Wildman–Crippen MR) is 93.9 cm³/mol. The van der Waals surface area contributed by atoms with Crippen LogP contribution in [0.4, 0.5) is 0 Å². The Morgan fingerprint density at radius 3 is 2.43 bits per heavy atom. The van der Waals surface area contributed by atoms with Crippen molar-refractivity contribution in [2.75, 3.05) is 0 Å². The number of nitrogens with one attached hydrogen (secondary N) is 1. The lowest BCUT2D eigenvalue weighted by Crippen LogP contribution is -2.37. The second-order valence-electron chi connectivity index (χ2n) is 5.65. The molecular weight excluding hydrogens is 310 g/mol. The Morgan fingerprint density at radius 2 is 1.83 bits per heavy atom. The highest BCUT2D eigenvalue weighted by atomic mass is 35.5. The lowest BCUT2D eigenvalue weighted by Gasteiger charge is -2.18. The van der Waals surface area contributed by atoms with Crippen LogP contribution < -0.4 is 10.1 Å². The van der Waals surface area contributed by atoms with Crippen LogP contribution >= 0.6 is 11.6 Å². The summed E-state index contributed by atoms with van der Waals surface area (Å²) >= 11 is 6.10. The van der Waals surface area contributed by atoms with E-state index in [0.717, 1.165) is 22.4 Å². The van der Waals surface area contributed by atoms with Gasteiger partial charge in [0.15, 0.2) is 6.10 Å². The second-order valence-corrected chi connectivity index (χ2v) is 6.05. The van der Waals surface area contributed by atoms with Gasteiger partial charge in [0.25, 0.3) is 5.91 Å². The highest BCUT2D eigenvalue weighted by Crippen LogP contribution is 2.19. The summed E-state index contributed by atoms with van der Waals surface area (Å²) in [5, 5.41) is 3.54. The summed E-state index contributed by atoms with van der Waals surface area (Å²) in [6.07, 6.45) is 0.0835. The molecule has 23 heavy (non-hydrogen) atoms. The van der Waals surface area contributed by atoms with E-state index in [1.165, 1.54) is 0 Å². The largest absolute Gasteiger partial charge is 0.481 e. The number of carbonyl (C=O) groups excluding carboxylic acids is 1. The van der Waals surface area contributed by atoms with Crippen LogP contribution in [0.15, 0.2) is 42.5 Å². The molecular formula is C19H22ClNO2. The summed E-state index contributed by atoms with van der Waals surface area (Å²) in [4.78, 5) is 12.4. The van der Waals surface area contributed by atoms with E-state index in [1.807, 2.05) is 57.2 Å². The molecule has 1 atom stereocenters. The molecule has 0 radical (unpaired) electrons. The monoisotopic (exact) mass is 331 g/mol. The third-order valence-electron chi connectivity index (χ3n) is 3.55. The van der Waals surface area contributed by atoms with Crippen LogP contribution in [0.5, 0.6) is 5.75 Å². The lowest BCUT2D eigenvalue weighted by atomic mass is 10.1. The first kappa shape index (κ1) is 17.4. The zero-order valence-electron chi connectivity index (χ0n) is 13.7. The quantitative estimate of drug-likeness (QED) is 0.850. The number of hydrogen-bond donors (Lipinski definition) is 1. The van der Waals surface area contributed by atoms with E-state index in [2.05, 4.69) is 11.4 Å². The zero-order chi connectivity index (χ0) is 16.8. The van der Waals surface area contributed by atoms with Crippen molar-refractivity contribution in [2.24, 2.45) is 0 Å². The van der Waals surface area contributed by atoms with Crippen LogP contribution in [-0.2, 0) is 11.3 Å². The van der Waals surface area contributed by atoms with Crippen molar-refractivity contribution >= 4 is 17.5 Å². The minimum atomic E-state index is -0.515. The van der Waals surface area contributed by atoms with Crippen molar-refractivity contribution in [3.8, 4) is 5.75 Å². The lowest BCUT2D eigenvalue weighted by molar-refractivity contribution is -0.128. The average molecular weight is 332 g/mol. The number of benzene rings is 2. The van der Waals surface area contributed by atoms with Crippen LogP contribution in [0.2, 0.25) is 5.02 Å². The first-order valence-electron chi connectivity index (χ1n) is 7.75. The normalized spacial score (nSPS) is 11.8. The van der Waals surface area contributed by atoms with E-state index in [0.29, 0.717) is 18.0 Å². The van der Waals surface area contributed by atoms with Gasteiger partial charge in [-0.05, 0) is 55.2 Å². The van der Waals surface area contributed by atoms with E-state index < -0.39 is 6.10 Å². The van der Waals surface area contributed by atoms with Gasteiger partial charge in [0, 0.05) is 11.6 Å². The molecule has 2 aromatic rings. The molecule has 1 amide bonds. The molecule has 0 heterocycles. The molecule has 0 aliphatic rings. The number of halogens is 1. The number of amides is 1. The van der Waals surface area contributed by atoms with Gasteiger partial charge in [-0.3, -0.25) is 4.79 Å². The third kappa shape index (κ3) is 5.00. The minimum absolute atomic E-state index is 0.133. The molecule has 122 valence electrons. The summed E-state index contributed by atoms with van der Waals surface area (Å²) in [5.41, 5.74) is 3.13. The van der Waals surface area contributed by atoms with Crippen LogP contribution in [0.1, 0.15) is 30.0 Å². The van der Waals surface area contributed by atoms with Crippen molar-refractivity contribution in [3.05, 3.63) is 64.2 Å². The number of rotatable bonds is 6. The Labute approximate surface area is 142 Å². The second kappa shape index (κ2) is 8.02. The molecule has 4 heteroatoms. The van der Waals surface area contributed by atoms with Gasteiger partial charge in [0.1, 0.15) is 5.75 Å². The Morgan fingerprint density at radius 1 is 1.17 bits per heavy atom. The molecule has 0 bridgehead atoms. The molecule has 0 aliphatic heterocycles. The molecule has 0 spiro atoms. The number of hydrogen-bond acceptors (Lipinski definition) is 2. The summed E-state index contributed by atoms with van der Waals surface area (Å²) in [6.45, 7) is 6.35. The van der Waals surface area contributed by atoms with E-state index in [1.54, 1.807) is 0 Å². The van der Waals surface area contributed by atoms with Crippen LogP contribution in [-0.4, -0.2) is 12.0 Å². The topological polar surface area (TPSA) is 38.3 Å². The van der Waals surface area contributed by atoms with Gasteiger partial charge in [0.05, 0.1) is 0 Å². The third-order valence-corrected chi connectivity index (χ3v) is 3.92. The van der Waals surface area contributed by atoms with Crippen LogP contribution in [0, 0.1) is 13.8 Å². The Bertz CT molecular complexity index is 665. The smallest absolute Gasteiger partial charge is 0.261 e. The molecule has 3 nitrogen and oxygen atoms in total. The highest BCUT2D eigenvalue weighted by Gasteiger charge is 2.18. The van der Waals surface area contributed by atoms with Gasteiger partial charge in [-0.2, -0.15) is 0 Å². The first-order chi connectivity index (χ1) is 11.0. The minimum Gasteiger partial charge on any atom is -0.481 e. The van der Waals surface area contributed by atoms with E-state index in [-0.39, 0.29) is 5.91 Å². The summed E-state index contributed by atoms with van der Waals surface area (Å²) in [5.74, 6) is 0.592. The number of ether oxygens (including phenoxy) is 1. The SMILES string of the molecule is CCC(Oc1cc(C)cc(C)c1)C(=O)NCc1ccccc1Cl.